The third kappa shape index (κ3) is 3.31. The fourth-order valence-corrected chi connectivity index (χ4v) is 2.60. The Morgan fingerprint density at radius 2 is 1.92 bits per heavy atom. The summed E-state index contributed by atoms with van der Waals surface area (Å²) in [6.07, 6.45) is -3.16. The summed E-state index contributed by atoms with van der Waals surface area (Å²) >= 11 is 0. The van der Waals surface area contributed by atoms with Crippen LogP contribution in [0.1, 0.15) is 11.8 Å². The molecule has 24 heavy (non-hydrogen) atoms. The molecule has 2 heterocycles. The highest BCUT2D eigenvalue weighted by Crippen LogP contribution is 2.28. The lowest BCUT2D eigenvalue weighted by atomic mass is 10.1. The first kappa shape index (κ1) is 16.6. The Hall–Kier alpha value is -2.26. The first-order valence-electron chi connectivity index (χ1n) is 7.59. The molecule has 4 atom stereocenters. The summed E-state index contributed by atoms with van der Waals surface area (Å²) < 4.78 is 6.42. The first-order valence-corrected chi connectivity index (χ1v) is 7.59. The van der Waals surface area contributed by atoms with Crippen LogP contribution < -0.4 is 11.0 Å². The Labute approximate surface area is 138 Å². The van der Waals surface area contributed by atoms with E-state index >= 15 is 0 Å². The summed E-state index contributed by atoms with van der Waals surface area (Å²) in [5.74, 6) is 0.395. The van der Waals surface area contributed by atoms with Gasteiger partial charge in [-0.25, -0.2) is 4.79 Å². The van der Waals surface area contributed by atoms with Gasteiger partial charge in [0.1, 0.15) is 24.1 Å². The molecule has 4 N–H and O–H groups in total. The summed E-state index contributed by atoms with van der Waals surface area (Å²) in [6.45, 7) is 0.0682. The number of nitrogens with one attached hydrogen (secondary N) is 1. The van der Waals surface area contributed by atoms with E-state index < -0.39 is 36.8 Å². The average Bonchev–Trinajstić information content (AvgIpc) is 2.89. The van der Waals surface area contributed by atoms with Crippen molar-refractivity contribution < 1.29 is 20.1 Å². The van der Waals surface area contributed by atoms with Crippen molar-refractivity contribution in [2.24, 2.45) is 0 Å². The average molecular weight is 333 g/mol. The molecule has 3 rings (SSSR count). The van der Waals surface area contributed by atoms with Gasteiger partial charge < -0.3 is 25.4 Å². The number of hydrogen-bond donors (Lipinski definition) is 4. The maximum atomic E-state index is 12.2. The van der Waals surface area contributed by atoms with Crippen LogP contribution in [0.25, 0.3) is 0 Å². The van der Waals surface area contributed by atoms with Crippen molar-refractivity contribution in [2.45, 2.75) is 31.1 Å². The molecule has 8 heteroatoms. The second kappa shape index (κ2) is 7.10. The number of anilines is 1. The summed E-state index contributed by atoms with van der Waals surface area (Å²) in [5, 5.41) is 31.9. The van der Waals surface area contributed by atoms with Gasteiger partial charge in [0.05, 0.1) is 6.61 Å². The number of rotatable bonds is 5. The van der Waals surface area contributed by atoms with Crippen LogP contribution in [-0.2, 0) is 11.3 Å². The molecule has 1 aliphatic heterocycles. The molecule has 1 aromatic carbocycles. The van der Waals surface area contributed by atoms with Gasteiger partial charge in [-0.05, 0) is 11.6 Å². The highest BCUT2D eigenvalue weighted by Gasteiger charge is 2.43. The van der Waals surface area contributed by atoms with Crippen LogP contribution in [0.5, 0.6) is 0 Å². The van der Waals surface area contributed by atoms with E-state index in [4.69, 9.17) is 9.84 Å². The van der Waals surface area contributed by atoms with Crippen molar-refractivity contribution in [3.05, 3.63) is 58.6 Å². The lowest BCUT2D eigenvalue weighted by molar-refractivity contribution is -0.0549. The van der Waals surface area contributed by atoms with E-state index in [0.717, 1.165) is 10.1 Å². The van der Waals surface area contributed by atoms with Gasteiger partial charge in [-0.2, -0.15) is 4.98 Å². The molecule has 0 bridgehead atoms. The first-order chi connectivity index (χ1) is 11.6. The SMILES string of the molecule is O=c1nc(NCc2ccccc2)ccn1C1OC(CO)C(O)C1O. The van der Waals surface area contributed by atoms with Crippen molar-refractivity contribution in [3.63, 3.8) is 0 Å². The van der Waals surface area contributed by atoms with E-state index in [2.05, 4.69) is 10.3 Å². The molecule has 0 aliphatic carbocycles. The van der Waals surface area contributed by atoms with Gasteiger partial charge >= 0.3 is 5.69 Å². The normalized spacial score (nSPS) is 26.5. The smallest absolute Gasteiger partial charge is 0.351 e. The molecule has 1 aromatic heterocycles. The van der Waals surface area contributed by atoms with Crippen molar-refractivity contribution in [1.82, 2.24) is 9.55 Å². The maximum Gasteiger partial charge on any atom is 0.351 e. The maximum absolute atomic E-state index is 12.2. The minimum atomic E-state index is -1.32. The minimum Gasteiger partial charge on any atom is -0.394 e. The zero-order valence-corrected chi connectivity index (χ0v) is 12.8. The molecule has 4 unspecified atom stereocenters. The lowest BCUT2D eigenvalue weighted by Crippen LogP contribution is -2.36. The molecule has 2 aromatic rings. The summed E-state index contributed by atoms with van der Waals surface area (Å²) in [6, 6.07) is 11.2. The van der Waals surface area contributed by atoms with Gasteiger partial charge in [-0.3, -0.25) is 4.57 Å². The van der Waals surface area contributed by atoms with Crippen molar-refractivity contribution in [3.8, 4) is 0 Å². The fraction of sp³-hybridized carbons (Fsp3) is 0.375. The third-order valence-corrected chi connectivity index (χ3v) is 3.94. The fourth-order valence-electron chi connectivity index (χ4n) is 2.60. The van der Waals surface area contributed by atoms with Gasteiger partial charge in [0, 0.05) is 12.7 Å². The number of hydrogen-bond acceptors (Lipinski definition) is 7. The third-order valence-electron chi connectivity index (χ3n) is 3.94. The van der Waals surface area contributed by atoms with Crippen LogP contribution in [0.4, 0.5) is 5.82 Å². The quantitative estimate of drug-likeness (QED) is 0.581. The van der Waals surface area contributed by atoms with E-state index in [-0.39, 0.29) is 0 Å². The van der Waals surface area contributed by atoms with Crippen LogP contribution in [0.3, 0.4) is 0 Å². The van der Waals surface area contributed by atoms with Crippen LogP contribution in [0.15, 0.2) is 47.4 Å². The number of benzene rings is 1. The number of aromatic nitrogens is 2. The zero-order chi connectivity index (χ0) is 17.1. The Balaban J connectivity index is 1.72. The van der Waals surface area contributed by atoms with E-state index in [1.807, 2.05) is 30.3 Å². The second-order valence-corrected chi connectivity index (χ2v) is 5.57. The molecule has 1 fully saturated rings. The van der Waals surface area contributed by atoms with Gasteiger partial charge in [-0.15, -0.1) is 0 Å². The molecule has 8 nitrogen and oxygen atoms in total. The number of nitrogens with zero attached hydrogens (tertiary/aromatic N) is 2. The Bertz CT molecular complexity index is 736. The van der Waals surface area contributed by atoms with E-state index in [9.17, 15) is 15.0 Å². The number of aliphatic hydroxyl groups excluding tert-OH is 3. The molecule has 0 amide bonds. The molecule has 1 saturated heterocycles. The monoisotopic (exact) mass is 333 g/mol. The Kier molecular flexibility index (Phi) is 4.91. The van der Waals surface area contributed by atoms with E-state index in [1.54, 1.807) is 6.07 Å². The highest BCUT2D eigenvalue weighted by atomic mass is 16.6. The predicted octanol–water partition coefficient (Wildman–Crippen LogP) is -0.533. The topological polar surface area (TPSA) is 117 Å². The van der Waals surface area contributed by atoms with E-state index in [1.165, 1.54) is 6.20 Å². The van der Waals surface area contributed by atoms with Gasteiger partial charge in [0.25, 0.3) is 0 Å². The largest absolute Gasteiger partial charge is 0.394 e. The molecular formula is C16H19N3O5. The van der Waals surface area contributed by atoms with Crippen LogP contribution in [0, 0.1) is 0 Å². The Morgan fingerprint density at radius 3 is 2.54 bits per heavy atom. The molecule has 0 saturated carbocycles. The summed E-state index contributed by atoms with van der Waals surface area (Å²) in [4.78, 5) is 16.1. The molecule has 128 valence electrons. The van der Waals surface area contributed by atoms with Crippen LogP contribution >= 0.6 is 0 Å². The number of aliphatic hydroxyl groups is 3. The van der Waals surface area contributed by atoms with Crippen LogP contribution in [-0.4, -0.2) is 49.8 Å². The molecule has 0 spiro atoms. The molecule has 0 radical (unpaired) electrons. The standard InChI is InChI=1S/C16H19N3O5/c20-9-11-13(21)14(22)15(24-11)19-7-6-12(18-16(19)23)17-8-10-4-2-1-3-5-10/h1-7,11,13-15,20-22H,8-9H2,(H,17,18,23). The van der Waals surface area contributed by atoms with Crippen molar-refractivity contribution in [2.75, 3.05) is 11.9 Å². The van der Waals surface area contributed by atoms with Gasteiger partial charge in [0.2, 0.25) is 0 Å². The second-order valence-electron chi connectivity index (χ2n) is 5.57. The van der Waals surface area contributed by atoms with Gasteiger partial charge in [0.15, 0.2) is 6.23 Å². The Morgan fingerprint density at radius 1 is 1.17 bits per heavy atom. The minimum absolute atomic E-state index is 0.395. The van der Waals surface area contributed by atoms with E-state index in [0.29, 0.717) is 12.4 Å². The summed E-state index contributed by atoms with van der Waals surface area (Å²) in [7, 11) is 0. The number of ether oxygens (including phenoxy) is 1. The highest BCUT2D eigenvalue weighted by molar-refractivity contribution is 5.33. The molecular weight excluding hydrogens is 314 g/mol. The van der Waals surface area contributed by atoms with Crippen molar-refractivity contribution in [1.29, 1.82) is 0 Å². The summed E-state index contributed by atoms with van der Waals surface area (Å²) in [5.41, 5.74) is 0.426. The van der Waals surface area contributed by atoms with Crippen LogP contribution in [0.2, 0.25) is 0 Å². The van der Waals surface area contributed by atoms with Crippen molar-refractivity contribution >= 4 is 5.82 Å². The zero-order valence-electron chi connectivity index (χ0n) is 12.8. The van der Waals surface area contributed by atoms with Gasteiger partial charge in [-0.1, -0.05) is 30.3 Å². The lowest BCUT2D eigenvalue weighted by Gasteiger charge is -2.17. The predicted molar refractivity (Wildman–Crippen MR) is 85.3 cm³/mol. The molecule has 1 aliphatic rings.